The minimum Gasteiger partial charge on any atom is -0.351 e. The number of hydrogen-bond acceptors (Lipinski definition) is 3. The standard InChI is InChI=1S/C18H28N2O2S/c1-23(22)14-15-7-6-8-16(13-15)18(21)20-12-11-19-17-9-4-2-3-5-10-17/h6-8,13,17,19H,2-5,9-12,14H2,1H3,(H,20,21). The van der Waals surface area contributed by atoms with Gasteiger partial charge in [-0.15, -0.1) is 0 Å². The van der Waals surface area contributed by atoms with E-state index in [4.69, 9.17) is 0 Å². The third-order valence-corrected chi connectivity index (χ3v) is 5.00. The fourth-order valence-corrected chi connectivity index (χ4v) is 3.72. The van der Waals surface area contributed by atoms with E-state index in [0.717, 1.165) is 12.1 Å². The minimum atomic E-state index is -0.891. The van der Waals surface area contributed by atoms with Crippen LogP contribution in [0.2, 0.25) is 0 Å². The zero-order valence-corrected chi connectivity index (χ0v) is 14.8. The first kappa shape index (κ1) is 18.1. The Morgan fingerprint density at radius 2 is 1.91 bits per heavy atom. The van der Waals surface area contributed by atoms with Gasteiger partial charge in [0.1, 0.15) is 0 Å². The van der Waals surface area contributed by atoms with E-state index in [0.29, 0.717) is 23.9 Å². The third kappa shape index (κ3) is 6.83. The molecule has 4 nitrogen and oxygen atoms in total. The van der Waals surface area contributed by atoms with Gasteiger partial charge in [0.2, 0.25) is 0 Å². The molecule has 1 amide bonds. The monoisotopic (exact) mass is 336 g/mol. The maximum Gasteiger partial charge on any atom is 0.251 e. The van der Waals surface area contributed by atoms with Crippen LogP contribution in [0.4, 0.5) is 0 Å². The van der Waals surface area contributed by atoms with E-state index in [1.165, 1.54) is 38.5 Å². The van der Waals surface area contributed by atoms with Crippen LogP contribution in [-0.4, -0.2) is 35.5 Å². The van der Waals surface area contributed by atoms with E-state index in [1.54, 1.807) is 12.3 Å². The number of nitrogens with one attached hydrogen (secondary N) is 2. The second-order valence-electron chi connectivity index (χ2n) is 6.32. The fraction of sp³-hybridized carbons (Fsp3) is 0.611. The predicted molar refractivity (Wildman–Crippen MR) is 96.0 cm³/mol. The van der Waals surface area contributed by atoms with Crippen molar-refractivity contribution in [2.45, 2.75) is 50.3 Å². The van der Waals surface area contributed by atoms with Crippen molar-refractivity contribution in [3.63, 3.8) is 0 Å². The molecule has 23 heavy (non-hydrogen) atoms. The van der Waals surface area contributed by atoms with Crippen LogP contribution in [0.3, 0.4) is 0 Å². The van der Waals surface area contributed by atoms with Crippen LogP contribution in [0.5, 0.6) is 0 Å². The van der Waals surface area contributed by atoms with Crippen molar-refractivity contribution in [1.29, 1.82) is 0 Å². The SMILES string of the molecule is CS(=O)Cc1cccc(C(=O)NCCNC2CCCCCC2)c1. The molecule has 128 valence electrons. The summed E-state index contributed by atoms with van der Waals surface area (Å²) in [5.41, 5.74) is 1.58. The summed E-state index contributed by atoms with van der Waals surface area (Å²) in [6.45, 7) is 1.45. The van der Waals surface area contributed by atoms with E-state index in [9.17, 15) is 9.00 Å². The summed E-state index contributed by atoms with van der Waals surface area (Å²) >= 11 is 0. The molecule has 0 radical (unpaired) electrons. The highest BCUT2D eigenvalue weighted by Gasteiger charge is 2.11. The number of benzene rings is 1. The van der Waals surface area contributed by atoms with Crippen LogP contribution in [0.25, 0.3) is 0 Å². The third-order valence-electron chi connectivity index (χ3n) is 4.26. The zero-order chi connectivity index (χ0) is 16.5. The Labute approximate surface area is 141 Å². The Morgan fingerprint density at radius 1 is 1.17 bits per heavy atom. The summed E-state index contributed by atoms with van der Waals surface area (Å²) in [4.78, 5) is 12.2. The smallest absolute Gasteiger partial charge is 0.251 e. The van der Waals surface area contributed by atoms with E-state index < -0.39 is 10.8 Å². The van der Waals surface area contributed by atoms with Crippen LogP contribution in [0.1, 0.15) is 54.4 Å². The maximum absolute atomic E-state index is 12.2. The molecular weight excluding hydrogens is 308 g/mol. The molecule has 1 atom stereocenters. The Morgan fingerprint density at radius 3 is 2.61 bits per heavy atom. The molecule has 2 rings (SSSR count). The summed E-state index contributed by atoms with van der Waals surface area (Å²) in [6.07, 6.45) is 9.52. The number of amides is 1. The average Bonchev–Trinajstić information content (AvgIpc) is 2.79. The summed E-state index contributed by atoms with van der Waals surface area (Å²) in [7, 11) is -0.891. The lowest BCUT2D eigenvalue weighted by Gasteiger charge is -2.16. The summed E-state index contributed by atoms with van der Waals surface area (Å²) in [5.74, 6) is 0.432. The molecule has 0 spiro atoms. The molecule has 1 unspecified atom stereocenters. The average molecular weight is 337 g/mol. The molecule has 1 aromatic rings. The Hall–Kier alpha value is -1.20. The number of carbonyl (C=O) groups is 1. The lowest BCUT2D eigenvalue weighted by molar-refractivity contribution is 0.0953. The second-order valence-corrected chi connectivity index (χ2v) is 7.75. The molecule has 1 saturated carbocycles. The first-order chi connectivity index (χ1) is 11.1. The fourth-order valence-electron chi connectivity index (χ4n) is 3.07. The number of carbonyl (C=O) groups excluding carboxylic acids is 1. The van der Waals surface area contributed by atoms with Gasteiger partial charge in [-0.1, -0.05) is 37.8 Å². The van der Waals surface area contributed by atoms with Gasteiger partial charge in [0, 0.05) is 47.5 Å². The van der Waals surface area contributed by atoms with Gasteiger partial charge in [0.05, 0.1) is 0 Å². The molecule has 0 aliphatic heterocycles. The van der Waals surface area contributed by atoms with Crippen molar-refractivity contribution in [1.82, 2.24) is 10.6 Å². The summed E-state index contributed by atoms with van der Waals surface area (Å²) < 4.78 is 11.3. The van der Waals surface area contributed by atoms with Gasteiger partial charge in [0.15, 0.2) is 0 Å². The highest BCUT2D eigenvalue weighted by molar-refractivity contribution is 7.83. The molecule has 0 saturated heterocycles. The first-order valence-corrected chi connectivity index (χ1v) is 10.3. The first-order valence-electron chi connectivity index (χ1n) is 8.55. The Bertz CT molecular complexity index is 526. The van der Waals surface area contributed by atoms with E-state index in [-0.39, 0.29) is 5.91 Å². The molecule has 0 bridgehead atoms. The van der Waals surface area contributed by atoms with Gasteiger partial charge in [0.25, 0.3) is 5.91 Å². The van der Waals surface area contributed by atoms with Gasteiger partial charge in [-0.3, -0.25) is 9.00 Å². The van der Waals surface area contributed by atoms with Crippen LogP contribution in [-0.2, 0) is 16.6 Å². The van der Waals surface area contributed by atoms with Crippen molar-refractivity contribution < 1.29 is 9.00 Å². The molecule has 1 aliphatic rings. The van der Waals surface area contributed by atoms with E-state index in [1.807, 2.05) is 18.2 Å². The Kier molecular flexibility index (Phi) is 7.76. The quantitative estimate of drug-likeness (QED) is 0.594. The van der Waals surface area contributed by atoms with Gasteiger partial charge in [-0.2, -0.15) is 0 Å². The van der Waals surface area contributed by atoms with E-state index in [2.05, 4.69) is 10.6 Å². The van der Waals surface area contributed by atoms with Crippen LogP contribution < -0.4 is 10.6 Å². The minimum absolute atomic E-state index is 0.0589. The van der Waals surface area contributed by atoms with Crippen molar-refractivity contribution >= 4 is 16.7 Å². The van der Waals surface area contributed by atoms with Gasteiger partial charge in [-0.25, -0.2) is 0 Å². The van der Waals surface area contributed by atoms with Crippen LogP contribution in [0.15, 0.2) is 24.3 Å². The van der Waals surface area contributed by atoms with Gasteiger partial charge >= 0.3 is 0 Å². The molecule has 5 heteroatoms. The second kappa shape index (κ2) is 9.83. The van der Waals surface area contributed by atoms with Crippen LogP contribution >= 0.6 is 0 Å². The molecule has 2 N–H and O–H groups in total. The predicted octanol–water partition coefficient (Wildman–Crippen LogP) is 2.61. The highest BCUT2D eigenvalue weighted by Crippen LogP contribution is 2.16. The van der Waals surface area contributed by atoms with Gasteiger partial charge in [-0.05, 0) is 30.5 Å². The van der Waals surface area contributed by atoms with Crippen molar-refractivity contribution in [2.24, 2.45) is 0 Å². The topological polar surface area (TPSA) is 58.2 Å². The number of hydrogen-bond donors (Lipinski definition) is 2. The maximum atomic E-state index is 12.2. The lowest BCUT2D eigenvalue weighted by atomic mass is 10.1. The van der Waals surface area contributed by atoms with Gasteiger partial charge < -0.3 is 10.6 Å². The molecule has 1 fully saturated rings. The summed E-state index contributed by atoms with van der Waals surface area (Å²) in [5, 5.41) is 6.51. The highest BCUT2D eigenvalue weighted by atomic mass is 32.2. The molecular formula is C18H28N2O2S. The Balaban J connectivity index is 1.72. The van der Waals surface area contributed by atoms with Crippen molar-refractivity contribution in [3.05, 3.63) is 35.4 Å². The van der Waals surface area contributed by atoms with E-state index >= 15 is 0 Å². The summed E-state index contributed by atoms with van der Waals surface area (Å²) in [6, 6.07) is 8.00. The van der Waals surface area contributed by atoms with Crippen molar-refractivity contribution in [2.75, 3.05) is 19.3 Å². The molecule has 0 aromatic heterocycles. The molecule has 0 heterocycles. The normalized spacial score (nSPS) is 17.4. The van der Waals surface area contributed by atoms with Crippen LogP contribution in [0, 0.1) is 0 Å². The van der Waals surface area contributed by atoms with Crippen molar-refractivity contribution in [3.8, 4) is 0 Å². The zero-order valence-electron chi connectivity index (χ0n) is 14.0. The molecule has 1 aromatic carbocycles. The lowest BCUT2D eigenvalue weighted by Crippen LogP contribution is -2.36. The molecule has 1 aliphatic carbocycles. The largest absolute Gasteiger partial charge is 0.351 e. The number of rotatable bonds is 7.